The number of carbonyl (C=O) groups is 2. The van der Waals surface area contributed by atoms with E-state index in [0.29, 0.717) is 12.1 Å². The number of piperidine rings is 1. The molecule has 2 rings (SSSR count). The zero-order valence-corrected chi connectivity index (χ0v) is 14.6. The Morgan fingerprint density at radius 1 is 1.42 bits per heavy atom. The van der Waals surface area contributed by atoms with E-state index in [9.17, 15) is 19.1 Å². The zero-order chi connectivity index (χ0) is 18.1. The monoisotopic (exact) mass is 336 g/mol. The molecular formula is C18H25FN2O3. The molecular weight excluding hydrogens is 311 g/mol. The first-order chi connectivity index (χ1) is 11.1. The molecule has 0 spiro atoms. The summed E-state index contributed by atoms with van der Waals surface area (Å²) in [6.45, 7) is 4.37. The quantitative estimate of drug-likeness (QED) is 0.898. The molecule has 5 nitrogen and oxygen atoms in total. The van der Waals surface area contributed by atoms with Gasteiger partial charge >= 0.3 is 5.97 Å². The average molecular weight is 336 g/mol. The second-order valence-electron chi connectivity index (χ2n) is 7.21. The second kappa shape index (κ2) is 6.89. The summed E-state index contributed by atoms with van der Waals surface area (Å²) in [6, 6.07) is 5.24. The van der Waals surface area contributed by atoms with Crippen LogP contribution in [0.25, 0.3) is 0 Å². The van der Waals surface area contributed by atoms with Crippen LogP contribution in [0.4, 0.5) is 4.39 Å². The van der Waals surface area contributed by atoms with Crippen LogP contribution >= 0.6 is 0 Å². The Labute approximate surface area is 142 Å². The van der Waals surface area contributed by atoms with Crippen LogP contribution < -0.4 is 0 Å². The van der Waals surface area contributed by atoms with E-state index in [2.05, 4.69) is 0 Å². The molecule has 1 aromatic carbocycles. The molecule has 1 aliphatic rings. The molecule has 1 aromatic rings. The van der Waals surface area contributed by atoms with E-state index in [-0.39, 0.29) is 24.3 Å². The molecule has 1 fully saturated rings. The molecule has 1 heterocycles. The van der Waals surface area contributed by atoms with Gasteiger partial charge in [0.2, 0.25) is 5.91 Å². The normalized spacial score (nSPS) is 22.1. The van der Waals surface area contributed by atoms with E-state index >= 15 is 0 Å². The summed E-state index contributed by atoms with van der Waals surface area (Å²) in [5, 5.41) is 9.61. The lowest BCUT2D eigenvalue weighted by molar-refractivity contribution is -0.153. The molecule has 1 N–H and O–H groups in total. The largest absolute Gasteiger partial charge is 0.481 e. The number of carboxylic acids is 1. The zero-order valence-electron chi connectivity index (χ0n) is 14.6. The summed E-state index contributed by atoms with van der Waals surface area (Å²) >= 11 is 0. The molecule has 0 aromatic heterocycles. The van der Waals surface area contributed by atoms with Crippen molar-refractivity contribution >= 4 is 11.9 Å². The third-order valence-corrected chi connectivity index (χ3v) is 4.98. The third-order valence-electron chi connectivity index (χ3n) is 4.98. The van der Waals surface area contributed by atoms with E-state index in [0.717, 1.165) is 0 Å². The van der Waals surface area contributed by atoms with Crippen LogP contribution in [0, 0.1) is 11.7 Å². The number of aliphatic carboxylic acids is 1. The fourth-order valence-electron chi connectivity index (χ4n) is 3.06. The molecule has 6 heteroatoms. The highest BCUT2D eigenvalue weighted by atomic mass is 19.1. The number of hydrogen-bond acceptors (Lipinski definition) is 3. The van der Waals surface area contributed by atoms with Gasteiger partial charge in [-0.25, -0.2) is 4.39 Å². The van der Waals surface area contributed by atoms with Crippen LogP contribution in [0.2, 0.25) is 0 Å². The molecule has 0 aliphatic carbocycles. The first-order valence-corrected chi connectivity index (χ1v) is 8.08. The second-order valence-corrected chi connectivity index (χ2v) is 7.21. The smallest absolute Gasteiger partial charge is 0.308 e. The Hall–Kier alpha value is -1.95. The molecule has 1 aliphatic heterocycles. The van der Waals surface area contributed by atoms with Gasteiger partial charge in [-0.05, 0) is 52.1 Å². The Balaban J connectivity index is 2.46. The van der Waals surface area contributed by atoms with Crippen LogP contribution in [-0.4, -0.2) is 53.0 Å². The van der Waals surface area contributed by atoms with Crippen molar-refractivity contribution in [1.29, 1.82) is 0 Å². The fraction of sp³-hybridized carbons (Fsp3) is 0.556. The summed E-state index contributed by atoms with van der Waals surface area (Å²) in [6.07, 6.45) is 0.473. The molecule has 0 bridgehead atoms. The van der Waals surface area contributed by atoms with Gasteiger partial charge < -0.3 is 14.9 Å². The van der Waals surface area contributed by atoms with Crippen LogP contribution in [0.15, 0.2) is 24.3 Å². The fourth-order valence-corrected chi connectivity index (χ4v) is 3.06. The molecule has 2 atom stereocenters. The predicted molar refractivity (Wildman–Crippen MR) is 89.0 cm³/mol. The van der Waals surface area contributed by atoms with Gasteiger partial charge in [0.1, 0.15) is 5.82 Å². The molecule has 0 saturated carbocycles. The molecule has 1 saturated heterocycles. The molecule has 0 radical (unpaired) electrons. The van der Waals surface area contributed by atoms with Crippen molar-refractivity contribution in [3.05, 3.63) is 35.6 Å². The minimum absolute atomic E-state index is 0.0864. The lowest BCUT2D eigenvalue weighted by atomic mass is 9.83. The van der Waals surface area contributed by atoms with Crippen LogP contribution in [0.5, 0.6) is 0 Å². The van der Waals surface area contributed by atoms with Gasteiger partial charge in [0.25, 0.3) is 0 Å². The summed E-state index contributed by atoms with van der Waals surface area (Å²) in [7, 11) is 3.83. The summed E-state index contributed by atoms with van der Waals surface area (Å²) in [4.78, 5) is 27.9. The number of likely N-dealkylation sites (N-methyl/N-ethyl adjacent to an activating group) is 1. The van der Waals surface area contributed by atoms with E-state index in [4.69, 9.17) is 0 Å². The minimum Gasteiger partial charge on any atom is -0.481 e. The highest BCUT2D eigenvalue weighted by Crippen LogP contribution is 2.38. The highest BCUT2D eigenvalue weighted by molar-refractivity contribution is 5.82. The summed E-state index contributed by atoms with van der Waals surface area (Å²) in [5.74, 6) is -2.20. The van der Waals surface area contributed by atoms with Gasteiger partial charge in [-0.3, -0.25) is 9.59 Å². The highest BCUT2D eigenvalue weighted by Gasteiger charge is 2.42. The van der Waals surface area contributed by atoms with Crippen molar-refractivity contribution < 1.29 is 19.1 Å². The number of carbonyl (C=O) groups excluding carboxylic acids is 1. The van der Waals surface area contributed by atoms with Crippen LogP contribution in [0.1, 0.15) is 38.3 Å². The van der Waals surface area contributed by atoms with Gasteiger partial charge in [-0.1, -0.05) is 12.1 Å². The van der Waals surface area contributed by atoms with Gasteiger partial charge in [0.05, 0.1) is 12.0 Å². The SMILES string of the molecule is CN(C)C(C)(C)CN1C(=O)CCC(C(=O)O)C1c1cccc(F)c1. The van der Waals surface area contributed by atoms with Gasteiger partial charge in [-0.2, -0.15) is 0 Å². The van der Waals surface area contributed by atoms with E-state index < -0.39 is 23.7 Å². The third kappa shape index (κ3) is 3.75. The van der Waals surface area contributed by atoms with Crippen molar-refractivity contribution in [3.63, 3.8) is 0 Å². The number of amides is 1. The number of likely N-dealkylation sites (tertiary alicyclic amines) is 1. The Morgan fingerprint density at radius 2 is 2.08 bits per heavy atom. The van der Waals surface area contributed by atoms with Crippen molar-refractivity contribution in [2.75, 3.05) is 20.6 Å². The summed E-state index contributed by atoms with van der Waals surface area (Å²) in [5.41, 5.74) is 0.201. The maximum atomic E-state index is 13.7. The Kier molecular flexibility index (Phi) is 5.28. The number of halogens is 1. The number of benzene rings is 1. The molecule has 2 unspecified atom stereocenters. The van der Waals surface area contributed by atoms with E-state index in [1.807, 2.05) is 32.8 Å². The number of rotatable bonds is 5. The average Bonchev–Trinajstić information content (AvgIpc) is 2.48. The topological polar surface area (TPSA) is 60.9 Å². The van der Waals surface area contributed by atoms with Gasteiger partial charge in [-0.15, -0.1) is 0 Å². The van der Waals surface area contributed by atoms with Crippen molar-refractivity contribution in [2.45, 2.75) is 38.3 Å². The summed E-state index contributed by atoms with van der Waals surface area (Å²) < 4.78 is 13.7. The van der Waals surface area contributed by atoms with E-state index in [1.165, 1.54) is 12.1 Å². The predicted octanol–water partition coefficient (Wildman–Crippen LogP) is 2.53. The van der Waals surface area contributed by atoms with Crippen molar-refractivity contribution in [3.8, 4) is 0 Å². The maximum absolute atomic E-state index is 13.7. The first-order valence-electron chi connectivity index (χ1n) is 8.08. The molecule has 24 heavy (non-hydrogen) atoms. The number of hydrogen-bond donors (Lipinski definition) is 1. The van der Waals surface area contributed by atoms with Crippen LogP contribution in [-0.2, 0) is 9.59 Å². The number of carboxylic acid groups (broad SMARTS) is 1. The number of nitrogens with zero attached hydrogens (tertiary/aromatic N) is 2. The minimum atomic E-state index is -0.954. The Morgan fingerprint density at radius 3 is 2.62 bits per heavy atom. The Bertz CT molecular complexity index is 630. The van der Waals surface area contributed by atoms with Crippen LogP contribution in [0.3, 0.4) is 0 Å². The standard InChI is InChI=1S/C18H25FN2O3/c1-18(2,20(3)4)11-21-15(22)9-8-14(17(23)24)16(21)12-6-5-7-13(19)10-12/h5-7,10,14,16H,8-9,11H2,1-4H3,(H,23,24). The van der Waals surface area contributed by atoms with E-state index in [1.54, 1.807) is 17.0 Å². The van der Waals surface area contributed by atoms with Crippen molar-refractivity contribution in [2.24, 2.45) is 5.92 Å². The van der Waals surface area contributed by atoms with Crippen molar-refractivity contribution in [1.82, 2.24) is 9.80 Å². The first kappa shape index (κ1) is 18.4. The maximum Gasteiger partial charge on any atom is 0.308 e. The molecule has 1 amide bonds. The lowest BCUT2D eigenvalue weighted by Gasteiger charge is -2.45. The lowest BCUT2D eigenvalue weighted by Crippen LogP contribution is -2.54. The van der Waals surface area contributed by atoms with Gasteiger partial charge in [0.15, 0.2) is 0 Å². The molecule has 132 valence electrons. The van der Waals surface area contributed by atoms with Gasteiger partial charge in [0, 0.05) is 18.5 Å².